The smallest absolute Gasteiger partial charge is 0.264 e. The van der Waals surface area contributed by atoms with Crippen molar-refractivity contribution in [2.75, 3.05) is 25.5 Å². The van der Waals surface area contributed by atoms with Gasteiger partial charge in [0.05, 0.1) is 4.88 Å². The predicted molar refractivity (Wildman–Crippen MR) is 120 cm³/mol. The van der Waals surface area contributed by atoms with Gasteiger partial charge < -0.3 is 14.3 Å². The molecule has 1 fully saturated rings. The van der Waals surface area contributed by atoms with Gasteiger partial charge in [-0.05, 0) is 48.6 Å². The molecule has 0 N–H and O–H groups in total. The Morgan fingerprint density at radius 2 is 1.90 bits per heavy atom. The Kier molecular flexibility index (Phi) is 6.47. The third-order valence-electron chi connectivity index (χ3n) is 5.68. The summed E-state index contributed by atoms with van der Waals surface area (Å²) < 4.78 is 5.50. The Bertz CT molecular complexity index is 944. The number of nitrogens with zero attached hydrogens (tertiary/aromatic N) is 4. The van der Waals surface area contributed by atoms with Gasteiger partial charge in [0, 0.05) is 44.4 Å². The van der Waals surface area contributed by atoms with E-state index in [9.17, 15) is 4.79 Å². The van der Waals surface area contributed by atoms with Crippen LogP contribution in [0.25, 0.3) is 11.4 Å². The summed E-state index contributed by atoms with van der Waals surface area (Å²) in [6.07, 6.45) is 6.35. The maximum Gasteiger partial charge on any atom is 0.264 e. The highest BCUT2D eigenvalue weighted by Gasteiger charge is 2.27. The second-order valence-corrected chi connectivity index (χ2v) is 8.92. The van der Waals surface area contributed by atoms with Gasteiger partial charge in [-0.3, -0.25) is 4.79 Å². The first kappa shape index (κ1) is 20.6. The van der Waals surface area contributed by atoms with E-state index in [2.05, 4.69) is 15.0 Å². The summed E-state index contributed by atoms with van der Waals surface area (Å²) in [6.45, 7) is 0.600. The lowest BCUT2D eigenvalue weighted by Gasteiger charge is -2.34. The molecule has 1 saturated carbocycles. The van der Waals surface area contributed by atoms with Crippen LogP contribution in [0.15, 0.2) is 46.3 Å². The van der Waals surface area contributed by atoms with E-state index < -0.39 is 0 Å². The monoisotopic (exact) mass is 424 g/mol. The van der Waals surface area contributed by atoms with Gasteiger partial charge in [-0.2, -0.15) is 4.98 Å². The standard InChI is InChI=1S/C23H28N4O2S/c1-26(2)18-12-10-17(11-13-18)22-24-21(29-25-22)14-15-27(19-7-4-3-5-8-19)23(28)20-9-6-16-30-20/h6,9-13,16,19H,3-5,7-8,14-15H2,1-2H3. The van der Waals surface area contributed by atoms with Crippen LogP contribution in [0.2, 0.25) is 0 Å². The Morgan fingerprint density at radius 1 is 1.13 bits per heavy atom. The molecule has 0 radical (unpaired) electrons. The van der Waals surface area contributed by atoms with Gasteiger partial charge in [-0.1, -0.05) is 30.5 Å². The first-order valence-electron chi connectivity index (χ1n) is 10.6. The zero-order chi connectivity index (χ0) is 20.9. The van der Waals surface area contributed by atoms with Crippen molar-refractivity contribution in [3.8, 4) is 11.4 Å². The lowest BCUT2D eigenvalue weighted by atomic mass is 9.94. The summed E-state index contributed by atoms with van der Waals surface area (Å²) in [5, 5.41) is 6.10. The Labute approximate surface area is 181 Å². The molecule has 30 heavy (non-hydrogen) atoms. The summed E-state index contributed by atoms with van der Waals surface area (Å²) >= 11 is 1.50. The Balaban J connectivity index is 1.45. The molecule has 2 heterocycles. The number of amides is 1. The van der Waals surface area contributed by atoms with Crippen LogP contribution in [0.3, 0.4) is 0 Å². The van der Waals surface area contributed by atoms with Gasteiger partial charge in [0.2, 0.25) is 11.7 Å². The van der Waals surface area contributed by atoms with Gasteiger partial charge in [-0.15, -0.1) is 11.3 Å². The number of carbonyl (C=O) groups is 1. The topological polar surface area (TPSA) is 62.5 Å². The number of anilines is 1. The van der Waals surface area contributed by atoms with E-state index in [1.165, 1.54) is 30.6 Å². The van der Waals surface area contributed by atoms with Crippen molar-refractivity contribution >= 4 is 22.9 Å². The third-order valence-corrected chi connectivity index (χ3v) is 6.54. The van der Waals surface area contributed by atoms with Gasteiger partial charge >= 0.3 is 0 Å². The van der Waals surface area contributed by atoms with Gasteiger partial charge in [-0.25, -0.2) is 0 Å². The molecule has 1 aromatic carbocycles. The van der Waals surface area contributed by atoms with Gasteiger partial charge in [0.25, 0.3) is 5.91 Å². The van der Waals surface area contributed by atoms with Crippen LogP contribution in [-0.4, -0.2) is 47.6 Å². The SMILES string of the molecule is CN(C)c1ccc(-c2noc(CCN(C(=O)c3cccs3)C3CCCCC3)n2)cc1. The van der Waals surface area contributed by atoms with Gasteiger partial charge in [0.1, 0.15) is 0 Å². The van der Waals surface area contributed by atoms with Crippen molar-refractivity contribution in [1.82, 2.24) is 15.0 Å². The zero-order valence-electron chi connectivity index (χ0n) is 17.6. The molecule has 0 unspecified atom stereocenters. The molecule has 2 aromatic heterocycles. The number of aromatic nitrogens is 2. The minimum atomic E-state index is 0.121. The zero-order valence-corrected chi connectivity index (χ0v) is 18.4. The molecule has 3 aromatic rings. The maximum atomic E-state index is 13.1. The van der Waals surface area contributed by atoms with E-state index in [4.69, 9.17) is 4.52 Å². The highest BCUT2D eigenvalue weighted by atomic mass is 32.1. The van der Waals surface area contributed by atoms with E-state index in [0.717, 1.165) is 29.0 Å². The third kappa shape index (κ3) is 4.73. The second-order valence-electron chi connectivity index (χ2n) is 7.97. The molecule has 4 rings (SSSR count). The molecule has 0 spiro atoms. The van der Waals surface area contributed by atoms with Crippen molar-refractivity contribution in [1.29, 1.82) is 0 Å². The fraction of sp³-hybridized carbons (Fsp3) is 0.435. The van der Waals surface area contributed by atoms with Crippen LogP contribution < -0.4 is 4.90 Å². The number of carbonyl (C=O) groups excluding carboxylic acids is 1. The molecule has 0 bridgehead atoms. The number of benzene rings is 1. The summed E-state index contributed by atoms with van der Waals surface area (Å²) in [5.41, 5.74) is 2.05. The largest absolute Gasteiger partial charge is 0.378 e. The molecule has 1 aliphatic carbocycles. The lowest BCUT2D eigenvalue weighted by molar-refractivity contribution is 0.0637. The summed E-state index contributed by atoms with van der Waals surface area (Å²) in [4.78, 5) is 22.6. The second kappa shape index (κ2) is 9.43. The van der Waals surface area contributed by atoms with E-state index in [1.54, 1.807) is 0 Å². The molecule has 6 nitrogen and oxygen atoms in total. The number of rotatable bonds is 7. The molecule has 158 valence electrons. The Hall–Kier alpha value is -2.67. The molecular weight excluding hydrogens is 396 g/mol. The van der Waals surface area contributed by atoms with Crippen molar-refractivity contribution in [3.63, 3.8) is 0 Å². The van der Waals surface area contributed by atoms with Crippen LogP contribution in [0.4, 0.5) is 5.69 Å². The molecular formula is C23H28N4O2S. The van der Waals surface area contributed by atoms with Crippen molar-refractivity contribution in [3.05, 3.63) is 52.5 Å². The van der Waals surface area contributed by atoms with Crippen molar-refractivity contribution in [2.45, 2.75) is 44.6 Å². The number of hydrogen-bond donors (Lipinski definition) is 0. The first-order valence-corrected chi connectivity index (χ1v) is 11.4. The number of hydrogen-bond acceptors (Lipinski definition) is 6. The first-order chi connectivity index (χ1) is 14.6. The lowest BCUT2D eigenvalue weighted by Crippen LogP contribution is -2.42. The van der Waals surface area contributed by atoms with E-state index in [1.807, 2.05) is 60.8 Å². The highest BCUT2D eigenvalue weighted by Crippen LogP contribution is 2.26. The van der Waals surface area contributed by atoms with Crippen LogP contribution >= 0.6 is 11.3 Å². The van der Waals surface area contributed by atoms with Crippen LogP contribution in [0.5, 0.6) is 0 Å². The van der Waals surface area contributed by atoms with Crippen LogP contribution in [0.1, 0.15) is 47.7 Å². The average molecular weight is 425 g/mol. The fourth-order valence-corrected chi connectivity index (χ4v) is 4.66. The van der Waals surface area contributed by atoms with Crippen LogP contribution in [-0.2, 0) is 6.42 Å². The highest BCUT2D eigenvalue weighted by molar-refractivity contribution is 7.12. The summed E-state index contributed by atoms with van der Waals surface area (Å²) in [6, 6.07) is 12.2. The number of thiophene rings is 1. The molecule has 7 heteroatoms. The maximum absolute atomic E-state index is 13.1. The molecule has 0 atom stereocenters. The fourth-order valence-electron chi connectivity index (χ4n) is 3.98. The normalized spacial score (nSPS) is 14.6. The molecule has 1 aliphatic rings. The molecule has 0 aliphatic heterocycles. The van der Waals surface area contributed by atoms with Gasteiger partial charge in [0.15, 0.2) is 0 Å². The predicted octanol–water partition coefficient (Wildman–Crippen LogP) is 4.88. The summed E-state index contributed by atoms with van der Waals surface area (Å²) in [7, 11) is 4.02. The minimum absolute atomic E-state index is 0.121. The van der Waals surface area contributed by atoms with Crippen LogP contribution in [0, 0.1) is 0 Å². The Morgan fingerprint density at radius 3 is 2.57 bits per heavy atom. The average Bonchev–Trinajstić information content (AvgIpc) is 3.47. The molecule has 0 saturated heterocycles. The quantitative estimate of drug-likeness (QED) is 0.541. The van der Waals surface area contributed by atoms with Crippen molar-refractivity contribution < 1.29 is 9.32 Å². The van der Waals surface area contributed by atoms with E-state index >= 15 is 0 Å². The van der Waals surface area contributed by atoms with E-state index in [0.29, 0.717) is 30.7 Å². The minimum Gasteiger partial charge on any atom is -0.378 e. The van der Waals surface area contributed by atoms with Crippen molar-refractivity contribution in [2.24, 2.45) is 0 Å². The summed E-state index contributed by atoms with van der Waals surface area (Å²) in [5.74, 6) is 1.28. The molecule has 1 amide bonds. The van der Waals surface area contributed by atoms with E-state index in [-0.39, 0.29) is 5.91 Å².